The minimum atomic E-state index is -2.22. The molecule has 0 aromatic heterocycles. The second-order valence-electron chi connectivity index (χ2n) is 10.3. The van der Waals surface area contributed by atoms with Gasteiger partial charge in [0.1, 0.15) is 11.4 Å². The zero-order valence-electron chi connectivity index (χ0n) is 20.1. The van der Waals surface area contributed by atoms with Gasteiger partial charge in [-0.3, -0.25) is 4.79 Å². The highest BCUT2D eigenvalue weighted by atomic mass is 32.2. The summed E-state index contributed by atoms with van der Waals surface area (Å²) in [6.07, 6.45) is -0.496. The normalized spacial score (nSPS) is 27.6. The van der Waals surface area contributed by atoms with Gasteiger partial charge >= 0.3 is 0 Å². The second kappa shape index (κ2) is 9.07. The lowest BCUT2D eigenvalue weighted by Crippen LogP contribution is -2.54. The van der Waals surface area contributed by atoms with E-state index in [1.807, 2.05) is 60.4 Å². The molecule has 2 aromatic rings. The van der Waals surface area contributed by atoms with Crippen molar-refractivity contribution in [3.8, 4) is 5.75 Å². The van der Waals surface area contributed by atoms with Gasteiger partial charge in [-0.05, 0) is 42.8 Å². The fourth-order valence-electron chi connectivity index (χ4n) is 4.09. The van der Waals surface area contributed by atoms with Gasteiger partial charge in [0.25, 0.3) is 0 Å². The summed E-state index contributed by atoms with van der Waals surface area (Å²) >= 11 is 1.00. The molecule has 2 saturated heterocycles. The van der Waals surface area contributed by atoms with E-state index in [9.17, 15) is 4.79 Å². The molecule has 0 spiro atoms. The number of hydrogen-bond donors (Lipinski definition) is 0. The van der Waals surface area contributed by atoms with Crippen molar-refractivity contribution in [2.75, 3.05) is 6.61 Å². The zero-order chi connectivity index (χ0) is 23.9. The standard InChI is InChI=1S/C25H33NO5SSi/c1-24(2,3)33(5,6)30-22-21(32-31-29-19-15-11-8-12-16-19)23(27)26-20(17-28-25(22,26)4)18-13-9-7-10-14-18/h7-16,20-22H,17H2,1-6H3/t20?,21-,22-,25-/m0/s1. The van der Waals surface area contributed by atoms with E-state index in [4.69, 9.17) is 18.4 Å². The Morgan fingerprint density at radius 1 is 1.06 bits per heavy atom. The zero-order valence-corrected chi connectivity index (χ0v) is 21.9. The maximum Gasteiger partial charge on any atom is 0.243 e. The highest BCUT2D eigenvalue weighted by molar-refractivity contribution is 7.96. The van der Waals surface area contributed by atoms with Crippen LogP contribution in [0.5, 0.6) is 5.75 Å². The lowest BCUT2D eigenvalue weighted by atomic mass is 10.1. The predicted octanol–water partition coefficient (Wildman–Crippen LogP) is 5.73. The number of carbonyl (C=O) groups excluding carboxylic acids is 1. The molecule has 33 heavy (non-hydrogen) atoms. The molecule has 0 radical (unpaired) electrons. The van der Waals surface area contributed by atoms with Gasteiger partial charge in [0, 0.05) is 0 Å². The van der Waals surface area contributed by atoms with E-state index in [1.165, 1.54) is 0 Å². The van der Waals surface area contributed by atoms with Crippen molar-refractivity contribution in [1.29, 1.82) is 0 Å². The van der Waals surface area contributed by atoms with E-state index in [0.717, 1.165) is 17.6 Å². The average Bonchev–Trinajstić information content (AvgIpc) is 3.22. The largest absolute Gasteiger partial charge is 0.407 e. The Labute approximate surface area is 201 Å². The number of benzene rings is 2. The number of rotatable bonds is 7. The Hall–Kier alpha value is -1.84. The van der Waals surface area contributed by atoms with Crippen LogP contribution in [-0.4, -0.2) is 42.8 Å². The molecule has 178 valence electrons. The topological polar surface area (TPSA) is 57.2 Å². The van der Waals surface area contributed by atoms with Crippen LogP contribution in [0, 0.1) is 0 Å². The Morgan fingerprint density at radius 2 is 1.67 bits per heavy atom. The van der Waals surface area contributed by atoms with Crippen molar-refractivity contribution in [1.82, 2.24) is 4.90 Å². The number of nitrogens with zero attached hydrogens (tertiary/aromatic N) is 1. The molecule has 1 amide bonds. The lowest BCUT2D eigenvalue weighted by molar-refractivity contribution is -0.141. The molecular weight excluding hydrogens is 454 g/mol. The molecule has 4 atom stereocenters. The van der Waals surface area contributed by atoms with Gasteiger partial charge in [-0.2, -0.15) is 0 Å². The minimum absolute atomic E-state index is 0.0200. The van der Waals surface area contributed by atoms with Crippen molar-refractivity contribution in [3.63, 3.8) is 0 Å². The monoisotopic (exact) mass is 487 g/mol. The van der Waals surface area contributed by atoms with E-state index in [-0.39, 0.29) is 17.0 Å². The van der Waals surface area contributed by atoms with Gasteiger partial charge in [0.2, 0.25) is 5.91 Å². The van der Waals surface area contributed by atoms with Gasteiger partial charge in [0.05, 0.1) is 24.7 Å². The Bertz CT molecular complexity index is 968. The van der Waals surface area contributed by atoms with Gasteiger partial charge in [-0.25, -0.2) is 0 Å². The molecule has 6 nitrogen and oxygen atoms in total. The third-order valence-corrected chi connectivity index (χ3v) is 12.3. The summed E-state index contributed by atoms with van der Waals surface area (Å²) in [5.41, 5.74) is 0.161. The van der Waals surface area contributed by atoms with Crippen LogP contribution in [0.25, 0.3) is 0 Å². The molecule has 2 aliphatic heterocycles. The summed E-state index contributed by atoms with van der Waals surface area (Å²) in [5.74, 6) is 0.511. The van der Waals surface area contributed by atoms with E-state index in [2.05, 4.69) is 33.9 Å². The van der Waals surface area contributed by atoms with Crippen molar-refractivity contribution in [2.24, 2.45) is 0 Å². The third-order valence-electron chi connectivity index (χ3n) is 7.04. The number of carbonyl (C=O) groups is 1. The van der Waals surface area contributed by atoms with Crippen LogP contribution in [0.2, 0.25) is 18.1 Å². The van der Waals surface area contributed by atoms with Crippen LogP contribution in [0.1, 0.15) is 39.3 Å². The fourth-order valence-corrected chi connectivity index (χ4v) is 6.34. The van der Waals surface area contributed by atoms with Crippen LogP contribution in [-0.2, 0) is 18.3 Å². The SMILES string of the molecule is CC(C)(C)[Si](C)(C)O[C@H]1[C@H](SOOc2ccccc2)C(=O)N2C(c3ccccc3)CO[C@@]12C. The Balaban J connectivity index is 1.62. The molecule has 8 heteroatoms. The lowest BCUT2D eigenvalue weighted by Gasteiger charge is -2.42. The highest BCUT2D eigenvalue weighted by Gasteiger charge is 2.65. The molecule has 1 unspecified atom stereocenters. The summed E-state index contributed by atoms with van der Waals surface area (Å²) < 4.78 is 18.7. The first-order valence-corrected chi connectivity index (χ1v) is 15.0. The van der Waals surface area contributed by atoms with Crippen LogP contribution in [0.3, 0.4) is 0 Å². The minimum Gasteiger partial charge on any atom is -0.407 e. The number of amides is 1. The average molecular weight is 488 g/mol. The predicted molar refractivity (Wildman–Crippen MR) is 132 cm³/mol. The smallest absolute Gasteiger partial charge is 0.243 e. The molecule has 2 aromatic carbocycles. The number of para-hydroxylation sites is 1. The molecular formula is C25H33NO5SSi. The van der Waals surface area contributed by atoms with Crippen molar-refractivity contribution in [3.05, 3.63) is 66.2 Å². The summed E-state index contributed by atoms with van der Waals surface area (Å²) in [7, 11) is -2.22. The molecule has 0 bridgehead atoms. The van der Waals surface area contributed by atoms with Crippen molar-refractivity contribution < 1.29 is 23.2 Å². The van der Waals surface area contributed by atoms with Crippen LogP contribution >= 0.6 is 12.0 Å². The van der Waals surface area contributed by atoms with Gasteiger partial charge in [0.15, 0.2) is 19.8 Å². The summed E-state index contributed by atoms with van der Waals surface area (Å²) in [6.45, 7) is 13.3. The third kappa shape index (κ3) is 4.59. The molecule has 2 aliphatic rings. The van der Waals surface area contributed by atoms with E-state index in [1.54, 1.807) is 12.1 Å². The molecule has 0 N–H and O–H groups in total. The van der Waals surface area contributed by atoms with E-state index < -0.39 is 25.4 Å². The van der Waals surface area contributed by atoms with Gasteiger partial charge < -0.3 is 19.0 Å². The first-order chi connectivity index (χ1) is 15.5. The second-order valence-corrected chi connectivity index (χ2v) is 15.9. The first-order valence-electron chi connectivity index (χ1n) is 11.3. The van der Waals surface area contributed by atoms with E-state index in [0.29, 0.717) is 12.4 Å². The molecule has 4 rings (SSSR count). The van der Waals surface area contributed by atoms with Gasteiger partial charge in [-0.15, -0.1) is 4.33 Å². The quantitative estimate of drug-likeness (QED) is 0.215. The van der Waals surface area contributed by atoms with Crippen LogP contribution in [0.4, 0.5) is 0 Å². The van der Waals surface area contributed by atoms with Crippen LogP contribution in [0.15, 0.2) is 60.7 Å². The van der Waals surface area contributed by atoms with Crippen molar-refractivity contribution in [2.45, 2.75) is 68.9 Å². The Morgan fingerprint density at radius 3 is 2.27 bits per heavy atom. The number of hydrogen-bond acceptors (Lipinski definition) is 6. The number of fused-ring (bicyclic) bond motifs is 1. The maximum atomic E-state index is 13.8. The molecule has 2 heterocycles. The Kier molecular flexibility index (Phi) is 6.68. The summed E-state index contributed by atoms with van der Waals surface area (Å²) in [5, 5.41) is -0.632. The molecule has 2 fully saturated rings. The first kappa shape index (κ1) is 24.3. The van der Waals surface area contributed by atoms with Gasteiger partial charge in [-0.1, -0.05) is 69.3 Å². The summed E-state index contributed by atoms with van der Waals surface area (Å²) in [4.78, 5) is 21.1. The molecule has 0 aliphatic carbocycles. The number of ether oxygens (including phenoxy) is 1. The fraction of sp³-hybridized carbons (Fsp3) is 0.480. The van der Waals surface area contributed by atoms with E-state index >= 15 is 0 Å². The highest BCUT2D eigenvalue weighted by Crippen LogP contribution is 2.51. The molecule has 0 saturated carbocycles. The van der Waals surface area contributed by atoms with Crippen molar-refractivity contribution >= 4 is 26.3 Å². The van der Waals surface area contributed by atoms with Crippen LogP contribution < -0.4 is 4.89 Å². The summed E-state index contributed by atoms with van der Waals surface area (Å²) in [6, 6.07) is 19.1. The maximum absolute atomic E-state index is 13.8.